The average molecular weight is 528 g/mol. The number of nitrogens with zero attached hydrogens (tertiary/aromatic N) is 3. The van der Waals surface area contributed by atoms with Crippen LogP contribution < -0.4 is 30.2 Å². The number of urea groups is 1. The Morgan fingerprint density at radius 1 is 0.895 bits per heavy atom. The number of anilines is 4. The van der Waals surface area contributed by atoms with E-state index < -0.39 is 17.8 Å². The molecule has 0 bridgehead atoms. The third-order valence-corrected chi connectivity index (χ3v) is 5.36. The first-order chi connectivity index (χ1) is 18.1. The smallest absolute Gasteiger partial charge is 0.416 e. The highest BCUT2D eigenvalue weighted by Crippen LogP contribution is 2.40. The zero-order chi connectivity index (χ0) is 27.4. The summed E-state index contributed by atoms with van der Waals surface area (Å²) in [6.07, 6.45) is -3.04. The second kappa shape index (κ2) is 10.7. The molecule has 0 aliphatic heterocycles. The van der Waals surface area contributed by atoms with E-state index in [-0.39, 0.29) is 5.69 Å². The molecule has 0 aliphatic carbocycles. The second-order valence-corrected chi connectivity index (χ2v) is 7.92. The standard InChI is InChI=1S/C25H23F3N6O4/c1-13-17(33-24(35)32-15-7-5-6-14(8-15)25(26,27)28)11-18-23(30-13)34-21(12-29-18)31-16-9-19(36-2)22(38-4)20(10-16)37-3/h5-12H,1-4H3,(H,30,31,34)(H2,32,33,35). The molecule has 0 radical (unpaired) electrons. The summed E-state index contributed by atoms with van der Waals surface area (Å²) in [6.45, 7) is 1.65. The van der Waals surface area contributed by atoms with Gasteiger partial charge in [-0.05, 0) is 31.2 Å². The number of fused-ring (bicyclic) bond motifs is 1. The minimum absolute atomic E-state index is 0.00831. The van der Waals surface area contributed by atoms with E-state index >= 15 is 0 Å². The first-order valence-corrected chi connectivity index (χ1v) is 11.1. The first kappa shape index (κ1) is 26.3. The molecule has 0 atom stereocenters. The maximum absolute atomic E-state index is 12.9. The Morgan fingerprint density at radius 2 is 1.61 bits per heavy atom. The van der Waals surface area contributed by atoms with Crippen molar-refractivity contribution in [2.24, 2.45) is 0 Å². The molecular weight excluding hydrogens is 505 g/mol. The topological polar surface area (TPSA) is 120 Å². The van der Waals surface area contributed by atoms with Gasteiger partial charge in [0.2, 0.25) is 5.75 Å². The van der Waals surface area contributed by atoms with Gasteiger partial charge in [-0.1, -0.05) is 6.07 Å². The van der Waals surface area contributed by atoms with Crippen molar-refractivity contribution >= 4 is 40.1 Å². The molecule has 0 fully saturated rings. The van der Waals surface area contributed by atoms with Crippen LogP contribution in [0.25, 0.3) is 11.2 Å². The van der Waals surface area contributed by atoms with Crippen LogP contribution in [0.2, 0.25) is 0 Å². The number of halogens is 3. The summed E-state index contributed by atoms with van der Waals surface area (Å²) in [4.78, 5) is 25.7. The molecule has 2 heterocycles. The number of methoxy groups -OCH3 is 3. The number of pyridine rings is 1. The predicted octanol–water partition coefficient (Wildman–Crippen LogP) is 5.77. The first-order valence-electron chi connectivity index (χ1n) is 11.1. The lowest BCUT2D eigenvalue weighted by Gasteiger charge is -2.15. The molecule has 0 spiro atoms. The third-order valence-electron chi connectivity index (χ3n) is 5.36. The van der Waals surface area contributed by atoms with Crippen molar-refractivity contribution in [1.29, 1.82) is 0 Å². The number of amides is 2. The van der Waals surface area contributed by atoms with Crippen LogP contribution in [0.1, 0.15) is 11.3 Å². The van der Waals surface area contributed by atoms with Crippen LogP contribution in [-0.4, -0.2) is 42.3 Å². The molecule has 13 heteroatoms. The fourth-order valence-corrected chi connectivity index (χ4v) is 3.58. The number of aryl methyl sites for hydroxylation is 1. The summed E-state index contributed by atoms with van der Waals surface area (Å²) in [7, 11) is 4.53. The normalized spacial score (nSPS) is 11.1. The SMILES string of the molecule is COc1cc(Nc2cnc3cc(NC(=O)Nc4cccc(C(F)(F)F)c4)c(C)nc3n2)cc(OC)c1OC. The van der Waals surface area contributed by atoms with Gasteiger partial charge < -0.3 is 30.2 Å². The molecule has 3 N–H and O–H groups in total. The molecule has 10 nitrogen and oxygen atoms in total. The largest absolute Gasteiger partial charge is 0.493 e. The molecule has 2 aromatic heterocycles. The molecule has 0 saturated carbocycles. The Balaban J connectivity index is 1.52. The number of aromatic nitrogens is 3. The lowest BCUT2D eigenvalue weighted by molar-refractivity contribution is -0.137. The van der Waals surface area contributed by atoms with E-state index in [4.69, 9.17) is 14.2 Å². The molecule has 0 saturated heterocycles. The highest BCUT2D eigenvalue weighted by atomic mass is 19.4. The van der Waals surface area contributed by atoms with Crippen molar-refractivity contribution in [3.05, 3.63) is 59.9 Å². The summed E-state index contributed by atoms with van der Waals surface area (Å²) in [5.41, 5.74) is 1.17. The van der Waals surface area contributed by atoms with Gasteiger partial charge in [0, 0.05) is 23.5 Å². The van der Waals surface area contributed by atoms with Gasteiger partial charge in [-0.3, -0.25) is 0 Å². The zero-order valence-electron chi connectivity index (χ0n) is 20.7. The number of benzene rings is 2. The second-order valence-electron chi connectivity index (χ2n) is 7.92. The highest BCUT2D eigenvalue weighted by Gasteiger charge is 2.30. The molecule has 198 valence electrons. The Bertz CT molecular complexity index is 1470. The number of carbonyl (C=O) groups excluding carboxylic acids is 1. The van der Waals surface area contributed by atoms with Crippen molar-refractivity contribution in [3.63, 3.8) is 0 Å². The fraction of sp³-hybridized carbons (Fsp3) is 0.200. The Kier molecular flexibility index (Phi) is 7.37. The lowest BCUT2D eigenvalue weighted by atomic mass is 10.2. The van der Waals surface area contributed by atoms with Crippen molar-refractivity contribution in [2.75, 3.05) is 37.3 Å². The predicted molar refractivity (Wildman–Crippen MR) is 136 cm³/mol. The Hall–Kier alpha value is -4.81. The Morgan fingerprint density at radius 3 is 2.24 bits per heavy atom. The lowest BCUT2D eigenvalue weighted by Crippen LogP contribution is -2.20. The minimum Gasteiger partial charge on any atom is -0.493 e. The maximum Gasteiger partial charge on any atom is 0.416 e. The Labute approximate surface area is 215 Å². The van der Waals surface area contributed by atoms with Gasteiger partial charge in [0.05, 0.1) is 44.5 Å². The van der Waals surface area contributed by atoms with E-state index in [9.17, 15) is 18.0 Å². The number of alkyl halides is 3. The van der Waals surface area contributed by atoms with Crippen LogP contribution in [0.3, 0.4) is 0 Å². The average Bonchev–Trinajstić information content (AvgIpc) is 2.88. The summed E-state index contributed by atoms with van der Waals surface area (Å²) >= 11 is 0. The summed E-state index contributed by atoms with van der Waals surface area (Å²) < 4.78 is 54.9. The van der Waals surface area contributed by atoms with E-state index in [2.05, 4.69) is 30.9 Å². The van der Waals surface area contributed by atoms with Crippen LogP contribution in [-0.2, 0) is 6.18 Å². The minimum atomic E-state index is -4.52. The van der Waals surface area contributed by atoms with Crippen molar-refractivity contribution in [2.45, 2.75) is 13.1 Å². The van der Waals surface area contributed by atoms with E-state index in [0.717, 1.165) is 12.1 Å². The number of hydrogen-bond donors (Lipinski definition) is 3. The molecule has 0 aliphatic rings. The molecule has 4 aromatic rings. The third kappa shape index (κ3) is 5.77. The van der Waals surface area contributed by atoms with Crippen LogP contribution in [0.15, 0.2) is 48.7 Å². The van der Waals surface area contributed by atoms with Gasteiger partial charge in [-0.25, -0.2) is 19.7 Å². The maximum atomic E-state index is 12.9. The number of nitrogens with one attached hydrogen (secondary N) is 3. The zero-order valence-corrected chi connectivity index (χ0v) is 20.7. The molecular formula is C25H23F3N6O4. The number of hydrogen-bond acceptors (Lipinski definition) is 8. The van der Waals surface area contributed by atoms with Gasteiger partial charge in [0.25, 0.3) is 0 Å². The number of carbonyl (C=O) groups is 1. The van der Waals surface area contributed by atoms with Gasteiger partial charge in [0.15, 0.2) is 23.0 Å². The van der Waals surface area contributed by atoms with Gasteiger partial charge in [-0.2, -0.15) is 13.2 Å². The van der Waals surface area contributed by atoms with Gasteiger partial charge >= 0.3 is 12.2 Å². The molecule has 0 unspecified atom stereocenters. The molecule has 4 rings (SSSR count). The van der Waals surface area contributed by atoms with Crippen LogP contribution in [0, 0.1) is 6.92 Å². The van der Waals surface area contributed by atoms with Gasteiger partial charge in [-0.15, -0.1) is 0 Å². The summed E-state index contributed by atoms with van der Waals surface area (Å²) in [5, 5.41) is 8.09. The molecule has 2 amide bonds. The summed E-state index contributed by atoms with van der Waals surface area (Å²) in [6, 6.07) is 8.59. The fourth-order valence-electron chi connectivity index (χ4n) is 3.58. The van der Waals surface area contributed by atoms with E-state index in [1.54, 1.807) is 25.1 Å². The van der Waals surface area contributed by atoms with E-state index in [1.807, 2.05) is 0 Å². The monoisotopic (exact) mass is 528 g/mol. The van der Waals surface area contributed by atoms with E-state index in [1.165, 1.54) is 39.7 Å². The molecule has 38 heavy (non-hydrogen) atoms. The van der Waals surface area contributed by atoms with Crippen LogP contribution in [0.5, 0.6) is 17.2 Å². The van der Waals surface area contributed by atoms with Crippen LogP contribution in [0.4, 0.5) is 40.8 Å². The van der Waals surface area contributed by atoms with Crippen molar-refractivity contribution in [1.82, 2.24) is 15.0 Å². The van der Waals surface area contributed by atoms with Crippen molar-refractivity contribution < 1.29 is 32.2 Å². The number of rotatable bonds is 7. The number of ether oxygens (including phenoxy) is 3. The van der Waals surface area contributed by atoms with E-state index in [0.29, 0.717) is 51.3 Å². The van der Waals surface area contributed by atoms with Crippen molar-refractivity contribution in [3.8, 4) is 17.2 Å². The quantitative estimate of drug-likeness (QED) is 0.277. The summed E-state index contributed by atoms with van der Waals surface area (Å²) in [5.74, 6) is 1.74. The highest BCUT2D eigenvalue weighted by molar-refractivity contribution is 6.01. The van der Waals surface area contributed by atoms with Crippen LogP contribution >= 0.6 is 0 Å². The van der Waals surface area contributed by atoms with Gasteiger partial charge in [0.1, 0.15) is 5.52 Å². The molecule has 2 aromatic carbocycles.